The molecule has 1 aliphatic carbocycles. The minimum atomic E-state index is -0.771. The molecule has 0 heterocycles. The lowest BCUT2D eigenvalue weighted by Gasteiger charge is -2.35. The van der Waals surface area contributed by atoms with Crippen molar-refractivity contribution < 1.29 is 9.90 Å². The highest BCUT2D eigenvalue weighted by atomic mass is 16.4. The average molecular weight is 278 g/mol. The van der Waals surface area contributed by atoms with E-state index >= 15 is 0 Å². The molecule has 0 amide bonds. The monoisotopic (exact) mass is 278 g/mol. The van der Waals surface area contributed by atoms with E-state index in [1.165, 1.54) is 5.57 Å². The van der Waals surface area contributed by atoms with Crippen LogP contribution in [0.4, 0.5) is 0 Å². The normalized spacial score (nSPS) is 28.4. The van der Waals surface area contributed by atoms with Gasteiger partial charge in [-0.25, -0.2) is 0 Å². The Kier molecular flexibility index (Phi) is 4.89. The molecule has 1 rings (SSSR count). The number of hydrogen-bond donors (Lipinski definition) is 1. The molecule has 1 aliphatic rings. The molecule has 0 radical (unpaired) electrons. The van der Waals surface area contributed by atoms with Crippen molar-refractivity contribution in [2.75, 3.05) is 0 Å². The summed E-state index contributed by atoms with van der Waals surface area (Å²) in [6, 6.07) is 0. The van der Waals surface area contributed by atoms with Crippen LogP contribution in [0.15, 0.2) is 23.8 Å². The lowest BCUT2D eigenvalue weighted by atomic mass is 9.69. The van der Waals surface area contributed by atoms with Crippen LogP contribution in [-0.4, -0.2) is 11.1 Å². The van der Waals surface area contributed by atoms with Crippen LogP contribution < -0.4 is 0 Å². The smallest absolute Gasteiger partial charge is 0.313 e. The second-order valence-electron chi connectivity index (χ2n) is 7.99. The summed E-state index contributed by atoms with van der Waals surface area (Å²) in [4.78, 5) is 11.4. The Balaban J connectivity index is 3.03. The highest BCUT2D eigenvalue weighted by Crippen LogP contribution is 2.41. The van der Waals surface area contributed by atoms with Crippen LogP contribution >= 0.6 is 0 Å². The Morgan fingerprint density at radius 3 is 2.30 bits per heavy atom. The molecule has 0 aromatic rings. The van der Waals surface area contributed by atoms with Crippen molar-refractivity contribution in [3.8, 4) is 0 Å². The van der Waals surface area contributed by atoms with Gasteiger partial charge in [-0.15, -0.1) is 0 Å². The molecule has 2 nitrogen and oxygen atoms in total. The summed E-state index contributed by atoms with van der Waals surface area (Å²) in [6.45, 7) is 15.1. The van der Waals surface area contributed by atoms with Crippen molar-refractivity contribution >= 4 is 5.97 Å². The van der Waals surface area contributed by atoms with Crippen molar-refractivity contribution in [2.45, 2.75) is 54.9 Å². The van der Waals surface area contributed by atoms with E-state index in [9.17, 15) is 9.90 Å². The zero-order valence-electron chi connectivity index (χ0n) is 14.0. The third kappa shape index (κ3) is 3.74. The van der Waals surface area contributed by atoms with Crippen molar-refractivity contribution in [1.82, 2.24) is 0 Å². The van der Waals surface area contributed by atoms with Crippen LogP contribution in [0.1, 0.15) is 54.9 Å². The van der Waals surface area contributed by atoms with Gasteiger partial charge in [0.25, 0.3) is 0 Å². The molecule has 0 spiro atoms. The average Bonchev–Trinajstić information content (AvgIpc) is 2.28. The van der Waals surface area contributed by atoms with E-state index in [1.54, 1.807) is 6.92 Å². The van der Waals surface area contributed by atoms with Gasteiger partial charge < -0.3 is 5.11 Å². The van der Waals surface area contributed by atoms with Gasteiger partial charge in [0.05, 0.1) is 5.41 Å². The van der Waals surface area contributed by atoms with E-state index in [-0.39, 0.29) is 11.3 Å². The van der Waals surface area contributed by atoms with Gasteiger partial charge in [-0.2, -0.15) is 0 Å². The summed E-state index contributed by atoms with van der Waals surface area (Å²) >= 11 is 0. The molecular weight excluding hydrogens is 248 g/mol. The molecule has 0 saturated heterocycles. The molecule has 3 unspecified atom stereocenters. The van der Waals surface area contributed by atoms with E-state index in [0.717, 1.165) is 6.42 Å². The Morgan fingerprint density at radius 1 is 1.40 bits per heavy atom. The molecule has 1 N–H and O–H groups in total. The van der Waals surface area contributed by atoms with Crippen LogP contribution in [0.25, 0.3) is 0 Å². The third-order valence-electron chi connectivity index (χ3n) is 4.54. The summed E-state index contributed by atoms with van der Waals surface area (Å²) in [5.74, 6) is 0.341. The van der Waals surface area contributed by atoms with E-state index < -0.39 is 11.4 Å². The fourth-order valence-corrected chi connectivity index (χ4v) is 2.85. The van der Waals surface area contributed by atoms with Gasteiger partial charge in [0.1, 0.15) is 0 Å². The van der Waals surface area contributed by atoms with E-state index in [4.69, 9.17) is 0 Å². The first-order chi connectivity index (χ1) is 8.97. The maximum atomic E-state index is 11.4. The largest absolute Gasteiger partial charge is 0.481 e. The van der Waals surface area contributed by atoms with Gasteiger partial charge in [-0.05, 0) is 42.1 Å². The maximum Gasteiger partial charge on any atom is 0.313 e. The lowest BCUT2D eigenvalue weighted by molar-refractivity contribution is -0.146. The summed E-state index contributed by atoms with van der Waals surface area (Å²) in [5.41, 5.74) is 0.814. The second kappa shape index (κ2) is 5.75. The quantitative estimate of drug-likeness (QED) is 0.792. The number of carboxylic acids is 1. The first-order valence-electron chi connectivity index (χ1n) is 7.61. The Morgan fingerprint density at radius 2 is 1.95 bits per heavy atom. The molecule has 3 atom stereocenters. The zero-order chi connectivity index (χ0) is 15.7. The predicted octanol–water partition coefficient (Wildman–Crippen LogP) is 4.92. The van der Waals surface area contributed by atoms with Crippen LogP contribution in [0.3, 0.4) is 0 Å². The van der Waals surface area contributed by atoms with Crippen molar-refractivity contribution in [3.05, 3.63) is 23.8 Å². The molecule has 0 aliphatic heterocycles. The van der Waals surface area contributed by atoms with E-state index in [2.05, 4.69) is 40.7 Å². The number of allylic oxidation sites excluding steroid dienone is 3. The first kappa shape index (κ1) is 17.0. The van der Waals surface area contributed by atoms with Gasteiger partial charge in [0.15, 0.2) is 0 Å². The summed E-state index contributed by atoms with van der Waals surface area (Å²) < 4.78 is 0. The van der Waals surface area contributed by atoms with Crippen molar-refractivity contribution in [1.29, 1.82) is 0 Å². The van der Waals surface area contributed by atoms with Crippen molar-refractivity contribution in [2.24, 2.45) is 28.6 Å². The number of carbonyl (C=O) groups is 1. The molecule has 0 saturated carbocycles. The van der Waals surface area contributed by atoms with Crippen LogP contribution in [0.2, 0.25) is 0 Å². The van der Waals surface area contributed by atoms with E-state index in [0.29, 0.717) is 11.8 Å². The first-order valence-corrected chi connectivity index (χ1v) is 7.61. The fourth-order valence-electron chi connectivity index (χ4n) is 2.85. The molecule has 0 aromatic heterocycles. The number of hydrogen-bond acceptors (Lipinski definition) is 1. The Hall–Kier alpha value is -1.05. The van der Waals surface area contributed by atoms with Crippen LogP contribution in [-0.2, 0) is 4.79 Å². The SMILES string of the molecule is CC(C)C(CC(C)(C)C)C1=CC(C)C(C)(C(=O)O)C=C1. The minimum absolute atomic E-state index is 0.0289. The standard InChI is InChI=1S/C18H30O2/c1-12(2)15(11-17(4,5)6)14-8-9-18(7,16(19)20)13(3)10-14/h8-10,12-13,15H,11H2,1-7H3,(H,19,20). The van der Waals surface area contributed by atoms with Gasteiger partial charge in [-0.3, -0.25) is 4.79 Å². The molecule has 2 heteroatoms. The molecular formula is C18H30O2. The summed E-state index contributed by atoms with van der Waals surface area (Å²) in [6.07, 6.45) is 7.22. The van der Waals surface area contributed by atoms with E-state index in [1.807, 2.05) is 19.1 Å². The molecule has 0 aromatic carbocycles. The lowest BCUT2D eigenvalue weighted by Crippen LogP contribution is -2.34. The number of carboxylic acid groups (broad SMARTS) is 1. The van der Waals surface area contributed by atoms with Gasteiger partial charge in [-0.1, -0.05) is 59.8 Å². The third-order valence-corrected chi connectivity index (χ3v) is 4.54. The van der Waals surface area contributed by atoms with Crippen LogP contribution in [0.5, 0.6) is 0 Å². The van der Waals surface area contributed by atoms with Gasteiger partial charge in [0.2, 0.25) is 0 Å². The maximum absolute atomic E-state index is 11.4. The number of aliphatic carboxylic acids is 1. The summed E-state index contributed by atoms with van der Waals surface area (Å²) in [7, 11) is 0. The van der Waals surface area contributed by atoms with Gasteiger partial charge in [0, 0.05) is 0 Å². The summed E-state index contributed by atoms with van der Waals surface area (Å²) in [5, 5.41) is 9.41. The predicted molar refractivity (Wildman–Crippen MR) is 84.5 cm³/mol. The Bertz CT molecular complexity index is 423. The molecule has 0 fully saturated rings. The highest BCUT2D eigenvalue weighted by Gasteiger charge is 2.38. The Labute approximate surface area is 124 Å². The molecule has 0 bridgehead atoms. The molecule has 114 valence electrons. The topological polar surface area (TPSA) is 37.3 Å². The molecule has 20 heavy (non-hydrogen) atoms. The van der Waals surface area contributed by atoms with Gasteiger partial charge >= 0.3 is 5.97 Å². The highest BCUT2D eigenvalue weighted by molar-refractivity contribution is 5.78. The van der Waals surface area contributed by atoms with Crippen molar-refractivity contribution in [3.63, 3.8) is 0 Å². The zero-order valence-corrected chi connectivity index (χ0v) is 14.0. The van der Waals surface area contributed by atoms with Crippen LogP contribution in [0, 0.1) is 28.6 Å². The second-order valence-corrected chi connectivity index (χ2v) is 7.99. The number of rotatable bonds is 4. The fraction of sp³-hybridized carbons (Fsp3) is 0.722. The minimum Gasteiger partial charge on any atom is -0.481 e.